The van der Waals surface area contributed by atoms with Crippen LogP contribution < -0.4 is 0 Å². The van der Waals surface area contributed by atoms with Crippen molar-refractivity contribution in [3.05, 3.63) is 11.6 Å². The lowest BCUT2D eigenvalue weighted by atomic mass is 9.99. The minimum atomic E-state index is -0.789. The zero-order valence-electron chi connectivity index (χ0n) is 16.6. The molecule has 0 aromatic carbocycles. The summed E-state index contributed by atoms with van der Waals surface area (Å²) in [6, 6.07) is 0. The number of aliphatic carboxylic acids is 1. The molecule has 0 saturated heterocycles. The second-order valence-corrected chi connectivity index (χ2v) is 7.52. The van der Waals surface area contributed by atoms with Gasteiger partial charge in [-0.25, -0.2) is 4.79 Å². The molecule has 142 valence electrons. The molecule has 0 heterocycles. The lowest BCUT2D eigenvalue weighted by molar-refractivity contribution is -0.132. The molecule has 0 aromatic heterocycles. The number of hydrogen-bond acceptors (Lipinski definition) is 1. The summed E-state index contributed by atoms with van der Waals surface area (Å²) in [6.07, 6.45) is 22.4. The van der Waals surface area contributed by atoms with Gasteiger partial charge in [0.15, 0.2) is 0 Å². The van der Waals surface area contributed by atoms with Crippen molar-refractivity contribution in [1.82, 2.24) is 0 Å². The highest BCUT2D eigenvalue weighted by Crippen LogP contribution is 2.16. The fraction of sp³-hybridized carbons (Fsp3) is 0.864. The topological polar surface area (TPSA) is 37.3 Å². The molecule has 0 aliphatic rings. The van der Waals surface area contributed by atoms with Gasteiger partial charge >= 0.3 is 5.97 Å². The van der Waals surface area contributed by atoms with Gasteiger partial charge in [-0.2, -0.15) is 0 Å². The van der Waals surface area contributed by atoms with Gasteiger partial charge in [0.2, 0.25) is 0 Å². The highest BCUT2D eigenvalue weighted by atomic mass is 16.4. The molecule has 0 fully saturated rings. The molecule has 2 heteroatoms. The van der Waals surface area contributed by atoms with Crippen LogP contribution in [0.2, 0.25) is 0 Å². The Bertz CT molecular complexity index is 320. The van der Waals surface area contributed by atoms with Crippen LogP contribution in [0.25, 0.3) is 0 Å². The summed E-state index contributed by atoms with van der Waals surface area (Å²) >= 11 is 0. The summed E-state index contributed by atoms with van der Waals surface area (Å²) in [5, 5.41) is 8.86. The van der Waals surface area contributed by atoms with Crippen molar-refractivity contribution >= 4 is 5.97 Å². The summed E-state index contributed by atoms with van der Waals surface area (Å²) in [5.74, 6) is -0.402. The van der Waals surface area contributed by atoms with Gasteiger partial charge in [-0.15, -0.1) is 0 Å². The van der Waals surface area contributed by atoms with Crippen LogP contribution in [0.5, 0.6) is 0 Å². The number of carboxylic acids is 1. The summed E-state index contributed by atoms with van der Waals surface area (Å²) in [7, 11) is 0. The molecule has 0 aromatic rings. The van der Waals surface area contributed by atoms with Crippen LogP contribution in [0.15, 0.2) is 11.6 Å². The first kappa shape index (κ1) is 23.2. The first-order valence-corrected chi connectivity index (χ1v) is 10.5. The lowest BCUT2D eigenvalue weighted by Gasteiger charge is -2.07. The third kappa shape index (κ3) is 16.1. The summed E-state index contributed by atoms with van der Waals surface area (Å²) in [6.45, 7) is 6.08. The van der Waals surface area contributed by atoms with Crippen molar-refractivity contribution in [2.24, 2.45) is 5.92 Å². The average Bonchev–Trinajstić information content (AvgIpc) is 2.55. The molecule has 0 spiro atoms. The van der Waals surface area contributed by atoms with Crippen LogP contribution in [0.3, 0.4) is 0 Å². The van der Waals surface area contributed by atoms with E-state index < -0.39 is 5.97 Å². The smallest absolute Gasteiger partial charge is 0.330 e. The Kier molecular flexibility index (Phi) is 16.5. The summed E-state index contributed by atoms with van der Waals surface area (Å²) in [4.78, 5) is 10.8. The third-order valence-corrected chi connectivity index (χ3v) is 4.88. The molecule has 0 unspecified atom stereocenters. The fourth-order valence-corrected chi connectivity index (χ4v) is 3.24. The van der Waals surface area contributed by atoms with Gasteiger partial charge < -0.3 is 5.11 Å². The van der Waals surface area contributed by atoms with Crippen LogP contribution >= 0.6 is 0 Å². The first-order valence-electron chi connectivity index (χ1n) is 10.5. The molecule has 1 N–H and O–H groups in total. The van der Waals surface area contributed by atoms with Crippen molar-refractivity contribution < 1.29 is 9.90 Å². The fourth-order valence-electron chi connectivity index (χ4n) is 3.24. The predicted molar refractivity (Wildman–Crippen MR) is 105 cm³/mol. The van der Waals surface area contributed by atoms with Crippen LogP contribution in [0, 0.1) is 5.92 Å². The Hall–Kier alpha value is -0.790. The minimum absolute atomic E-state index is 0.387. The standard InChI is InChI=1S/C22H42O2/c1-4-5-6-7-8-9-10-11-12-13-14-15-16-17-18-20(2)19-21(3)22(23)24/h19-20H,4-18H2,1-3H3,(H,23,24)/b21-19+/t20-/m0/s1. The molecule has 0 amide bonds. The predicted octanol–water partition coefficient (Wildman–Crippen LogP) is 7.52. The highest BCUT2D eigenvalue weighted by Gasteiger charge is 2.04. The van der Waals surface area contributed by atoms with Crippen molar-refractivity contribution in [3.63, 3.8) is 0 Å². The second-order valence-electron chi connectivity index (χ2n) is 7.52. The monoisotopic (exact) mass is 338 g/mol. The van der Waals surface area contributed by atoms with E-state index in [1.165, 1.54) is 89.9 Å². The number of unbranched alkanes of at least 4 members (excludes halogenated alkanes) is 13. The van der Waals surface area contributed by atoms with Gasteiger partial charge in [0.25, 0.3) is 0 Å². The lowest BCUT2D eigenvalue weighted by Crippen LogP contribution is -1.99. The van der Waals surface area contributed by atoms with E-state index in [4.69, 9.17) is 5.11 Å². The maximum Gasteiger partial charge on any atom is 0.330 e. The number of carbonyl (C=O) groups is 1. The zero-order valence-corrected chi connectivity index (χ0v) is 16.6. The Morgan fingerprint density at radius 1 is 0.792 bits per heavy atom. The van der Waals surface area contributed by atoms with Crippen LogP contribution in [-0.2, 0) is 4.79 Å². The molecule has 0 saturated carbocycles. The number of rotatable bonds is 17. The third-order valence-electron chi connectivity index (χ3n) is 4.88. The van der Waals surface area contributed by atoms with E-state index in [9.17, 15) is 4.79 Å². The molecule has 0 bridgehead atoms. The molecule has 2 nitrogen and oxygen atoms in total. The van der Waals surface area contributed by atoms with E-state index in [2.05, 4.69) is 13.8 Å². The van der Waals surface area contributed by atoms with Crippen molar-refractivity contribution in [2.45, 2.75) is 117 Å². The molecule has 0 aliphatic heterocycles. The summed E-state index contributed by atoms with van der Waals surface area (Å²) in [5.41, 5.74) is 0.480. The van der Waals surface area contributed by atoms with Gasteiger partial charge in [0.05, 0.1) is 0 Å². The van der Waals surface area contributed by atoms with Crippen LogP contribution in [0.4, 0.5) is 0 Å². The van der Waals surface area contributed by atoms with Crippen molar-refractivity contribution in [3.8, 4) is 0 Å². The largest absolute Gasteiger partial charge is 0.478 e. The number of carboxylic acid groups (broad SMARTS) is 1. The van der Waals surface area contributed by atoms with Gasteiger partial charge in [-0.3, -0.25) is 0 Å². The highest BCUT2D eigenvalue weighted by molar-refractivity contribution is 5.85. The molecular weight excluding hydrogens is 296 g/mol. The number of hydrogen-bond donors (Lipinski definition) is 1. The first-order chi connectivity index (χ1) is 11.6. The van der Waals surface area contributed by atoms with E-state index in [0.29, 0.717) is 11.5 Å². The minimum Gasteiger partial charge on any atom is -0.478 e. The Morgan fingerprint density at radius 3 is 1.54 bits per heavy atom. The van der Waals surface area contributed by atoms with Gasteiger partial charge in [-0.05, 0) is 19.3 Å². The van der Waals surface area contributed by atoms with Gasteiger partial charge in [0, 0.05) is 5.57 Å². The maximum absolute atomic E-state index is 10.8. The van der Waals surface area contributed by atoms with E-state index in [1.807, 2.05) is 6.08 Å². The Labute approximate surface area is 151 Å². The SMILES string of the molecule is CCCCCCCCCCCCCCCC[C@H](C)/C=C(\C)C(=O)O. The van der Waals surface area contributed by atoms with E-state index >= 15 is 0 Å². The molecule has 1 atom stereocenters. The quantitative estimate of drug-likeness (QED) is 0.220. The van der Waals surface area contributed by atoms with Crippen molar-refractivity contribution in [1.29, 1.82) is 0 Å². The van der Waals surface area contributed by atoms with Crippen molar-refractivity contribution in [2.75, 3.05) is 0 Å². The van der Waals surface area contributed by atoms with E-state index in [0.717, 1.165) is 6.42 Å². The average molecular weight is 339 g/mol. The van der Waals surface area contributed by atoms with Crippen LogP contribution in [-0.4, -0.2) is 11.1 Å². The van der Waals surface area contributed by atoms with E-state index in [-0.39, 0.29) is 0 Å². The molecule has 0 radical (unpaired) electrons. The van der Waals surface area contributed by atoms with Gasteiger partial charge in [0.1, 0.15) is 0 Å². The second kappa shape index (κ2) is 17.0. The molecule has 0 aliphatic carbocycles. The number of allylic oxidation sites excluding steroid dienone is 1. The molecular formula is C22H42O2. The maximum atomic E-state index is 10.8. The zero-order chi connectivity index (χ0) is 18.0. The van der Waals surface area contributed by atoms with E-state index in [1.54, 1.807) is 6.92 Å². The van der Waals surface area contributed by atoms with Gasteiger partial charge in [-0.1, -0.05) is 110 Å². The normalized spacial score (nSPS) is 13.2. The molecule has 0 rings (SSSR count). The Morgan fingerprint density at radius 2 is 1.17 bits per heavy atom. The summed E-state index contributed by atoms with van der Waals surface area (Å²) < 4.78 is 0. The Balaban J connectivity index is 3.26. The van der Waals surface area contributed by atoms with Crippen LogP contribution in [0.1, 0.15) is 117 Å². The molecule has 24 heavy (non-hydrogen) atoms.